The van der Waals surface area contributed by atoms with Gasteiger partial charge in [0.2, 0.25) is 0 Å². The Morgan fingerprint density at radius 1 is 1.35 bits per heavy atom. The Labute approximate surface area is 119 Å². The maximum absolute atomic E-state index is 10.4. The summed E-state index contributed by atoms with van der Waals surface area (Å²) >= 11 is 0. The van der Waals surface area contributed by atoms with Crippen molar-refractivity contribution in [2.45, 2.75) is 37.8 Å². The molecule has 0 atom stereocenters. The second-order valence-electron chi connectivity index (χ2n) is 5.75. The average Bonchev–Trinajstić information content (AvgIpc) is 2.84. The van der Waals surface area contributed by atoms with E-state index in [1.165, 1.54) is 0 Å². The zero-order valence-corrected chi connectivity index (χ0v) is 11.9. The molecule has 0 amide bonds. The van der Waals surface area contributed by atoms with Crippen molar-refractivity contribution in [1.29, 1.82) is 0 Å². The minimum absolute atomic E-state index is 0.119. The molecule has 110 valence electrons. The second kappa shape index (κ2) is 6.24. The van der Waals surface area contributed by atoms with Gasteiger partial charge in [0.05, 0.1) is 5.60 Å². The van der Waals surface area contributed by atoms with Crippen molar-refractivity contribution in [3.63, 3.8) is 0 Å². The molecule has 0 radical (unpaired) electrons. The summed E-state index contributed by atoms with van der Waals surface area (Å²) in [5.41, 5.74) is 6.87. The Kier molecular flexibility index (Phi) is 4.62. The first-order valence-corrected chi connectivity index (χ1v) is 7.01. The predicted octanol–water partition coefficient (Wildman–Crippen LogP) is 1.52. The fourth-order valence-corrected chi connectivity index (χ4v) is 3.00. The van der Waals surface area contributed by atoms with Gasteiger partial charge in [0.1, 0.15) is 0 Å². The highest BCUT2D eigenvalue weighted by Crippen LogP contribution is 2.30. The fourth-order valence-electron chi connectivity index (χ4n) is 3.00. The topological polar surface area (TPSA) is 82.1 Å². The number of hydrogen-bond acceptors (Lipinski definition) is 4. The standard InChI is InChI=1S/C15H23N3O2/c1-18(11-15(19)8-4-5-9-15)10-12-6-2-3-7-13(12)14(16)17-20/h2-3,6-7,19-20H,4-5,8-11H2,1H3,(H2,16,17). The summed E-state index contributed by atoms with van der Waals surface area (Å²) in [7, 11) is 1.99. The largest absolute Gasteiger partial charge is 0.409 e. The molecule has 0 heterocycles. The van der Waals surface area contributed by atoms with Crippen molar-refractivity contribution >= 4 is 5.84 Å². The van der Waals surface area contributed by atoms with Crippen LogP contribution in [0.25, 0.3) is 0 Å². The molecule has 5 heteroatoms. The van der Waals surface area contributed by atoms with Crippen LogP contribution >= 0.6 is 0 Å². The van der Waals surface area contributed by atoms with E-state index >= 15 is 0 Å². The van der Waals surface area contributed by atoms with Gasteiger partial charge in [-0.15, -0.1) is 0 Å². The van der Waals surface area contributed by atoms with E-state index in [0.29, 0.717) is 13.1 Å². The minimum atomic E-state index is -0.555. The van der Waals surface area contributed by atoms with Crippen LogP contribution < -0.4 is 5.73 Å². The van der Waals surface area contributed by atoms with Gasteiger partial charge in [-0.1, -0.05) is 42.3 Å². The van der Waals surface area contributed by atoms with E-state index in [4.69, 9.17) is 10.9 Å². The zero-order chi connectivity index (χ0) is 14.6. The average molecular weight is 277 g/mol. The van der Waals surface area contributed by atoms with Crippen molar-refractivity contribution < 1.29 is 10.3 Å². The second-order valence-corrected chi connectivity index (χ2v) is 5.75. The van der Waals surface area contributed by atoms with Crippen LogP contribution in [0.1, 0.15) is 36.8 Å². The van der Waals surface area contributed by atoms with Crippen LogP contribution in [0.2, 0.25) is 0 Å². The number of rotatable bonds is 5. The minimum Gasteiger partial charge on any atom is -0.409 e. The van der Waals surface area contributed by atoms with Crippen LogP contribution in [-0.4, -0.2) is 40.2 Å². The normalized spacial score (nSPS) is 18.6. The zero-order valence-electron chi connectivity index (χ0n) is 11.9. The maximum Gasteiger partial charge on any atom is 0.170 e. The SMILES string of the molecule is CN(Cc1ccccc1/C(N)=N/O)CC1(O)CCCC1. The lowest BCUT2D eigenvalue weighted by molar-refractivity contribution is 0.0145. The fraction of sp³-hybridized carbons (Fsp3) is 0.533. The number of nitrogens with zero attached hydrogens (tertiary/aromatic N) is 2. The van der Waals surface area contributed by atoms with Gasteiger partial charge in [-0.3, -0.25) is 4.90 Å². The number of hydrogen-bond donors (Lipinski definition) is 3. The third-order valence-electron chi connectivity index (χ3n) is 3.94. The summed E-state index contributed by atoms with van der Waals surface area (Å²) in [5, 5.41) is 22.3. The number of oxime groups is 1. The quantitative estimate of drug-likeness (QED) is 0.330. The maximum atomic E-state index is 10.4. The summed E-state index contributed by atoms with van der Waals surface area (Å²) in [4.78, 5) is 2.09. The molecule has 0 aliphatic heterocycles. The molecular weight excluding hydrogens is 254 g/mol. The molecule has 1 aliphatic rings. The summed E-state index contributed by atoms with van der Waals surface area (Å²) in [6.45, 7) is 1.31. The molecule has 20 heavy (non-hydrogen) atoms. The molecule has 1 saturated carbocycles. The van der Waals surface area contributed by atoms with Gasteiger partial charge < -0.3 is 16.0 Å². The Morgan fingerprint density at radius 3 is 2.65 bits per heavy atom. The van der Waals surface area contributed by atoms with E-state index in [9.17, 15) is 5.11 Å². The third kappa shape index (κ3) is 3.49. The first-order valence-electron chi connectivity index (χ1n) is 7.01. The van der Waals surface area contributed by atoms with E-state index in [1.807, 2.05) is 31.3 Å². The lowest BCUT2D eigenvalue weighted by Crippen LogP contribution is -2.39. The highest BCUT2D eigenvalue weighted by Gasteiger charge is 2.32. The lowest BCUT2D eigenvalue weighted by atomic mass is 10.0. The molecule has 0 spiro atoms. The van der Waals surface area contributed by atoms with E-state index in [2.05, 4.69) is 10.1 Å². The molecule has 0 bridgehead atoms. The highest BCUT2D eigenvalue weighted by atomic mass is 16.4. The molecule has 1 aromatic rings. The Bertz CT molecular complexity index is 482. The number of benzene rings is 1. The Hall–Kier alpha value is -1.59. The van der Waals surface area contributed by atoms with Crippen molar-refractivity contribution in [2.75, 3.05) is 13.6 Å². The molecular formula is C15H23N3O2. The monoisotopic (exact) mass is 277 g/mol. The Morgan fingerprint density at radius 2 is 2.00 bits per heavy atom. The van der Waals surface area contributed by atoms with Gasteiger partial charge in [0.15, 0.2) is 5.84 Å². The molecule has 5 nitrogen and oxygen atoms in total. The molecule has 1 aromatic carbocycles. The van der Waals surface area contributed by atoms with Crippen LogP contribution in [0.3, 0.4) is 0 Å². The third-order valence-corrected chi connectivity index (χ3v) is 3.94. The molecule has 1 aliphatic carbocycles. The van der Waals surface area contributed by atoms with E-state index in [0.717, 1.165) is 36.8 Å². The van der Waals surface area contributed by atoms with Crippen molar-refractivity contribution in [3.8, 4) is 0 Å². The molecule has 1 fully saturated rings. The van der Waals surface area contributed by atoms with Gasteiger partial charge >= 0.3 is 0 Å². The Balaban J connectivity index is 2.06. The summed E-state index contributed by atoms with van der Waals surface area (Å²) < 4.78 is 0. The van der Waals surface area contributed by atoms with Crippen molar-refractivity contribution in [3.05, 3.63) is 35.4 Å². The summed E-state index contributed by atoms with van der Waals surface area (Å²) in [6, 6.07) is 7.59. The summed E-state index contributed by atoms with van der Waals surface area (Å²) in [6.07, 6.45) is 3.95. The smallest absolute Gasteiger partial charge is 0.170 e. The molecule has 2 rings (SSSR count). The number of nitrogens with two attached hydrogens (primary N) is 1. The first-order chi connectivity index (χ1) is 9.54. The van der Waals surface area contributed by atoms with E-state index in [1.54, 1.807) is 0 Å². The lowest BCUT2D eigenvalue weighted by Gasteiger charge is -2.29. The first kappa shape index (κ1) is 14.8. The summed E-state index contributed by atoms with van der Waals surface area (Å²) in [5.74, 6) is 0.119. The number of amidine groups is 1. The molecule has 0 saturated heterocycles. The van der Waals surface area contributed by atoms with E-state index in [-0.39, 0.29) is 5.84 Å². The van der Waals surface area contributed by atoms with Crippen LogP contribution in [0.5, 0.6) is 0 Å². The van der Waals surface area contributed by atoms with Crippen LogP contribution in [-0.2, 0) is 6.54 Å². The van der Waals surface area contributed by atoms with Gasteiger partial charge in [0, 0.05) is 18.7 Å². The van der Waals surface area contributed by atoms with Crippen LogP contribution in [0, 0.1) is 0 Å². The van der Waals surface area contributed by atoms with Crippen LogP contribution in [0.4, 0.5) is 0 Å². The van der Waals surface area contributed by atoms with Crippen molar-refractivity contribution in [2.24, 2.45) is 10.9 Å². The van der Waals surface area contributed by atoms with Gasteiger partial charge in [-0.25, -0.2) is 0 Å². The predicted molar refractivity (Wildman–Crippen MR) is 78.7 cm³/mol. The molecule has 0 aromatic heterocycles. The van der Waals surface area contributed by atoms with Crippen LogP contribution in [0.15, 0.2) is 29.4 Å². The molecule has 4 N–H and O–H groups in total. The highest BCUT2D eigenvalue weighted by molar-refractivity contribution is 5.98. The van der Waals surface area contributed by atoms with E-state index < -0.39 is 5.60 Å². The van der Waals surface area contributed by atoms with Gasteiger partial charge in [-0.05, 0) is 25.5 Å². The van der Waals surface area contributed by atoms with Crippen molar-refractivity contribution in [1.82, 2.24) is 4.90 Å². The molecule has 0 unspecified atom stereocenters. The number of likely N-dealkylation sites (N-methyl/N-ethyl adjacent to an activating group) is 1. The van der Waals surface area contributed by atoms with Gasteiger partial charge in [0.25, 0.3) is 0 Å². The van der Waals surface area contributed by atoms with Gasteiger partial charge in [-0.2, -0.15) is 0 Å². The number of aliphatic hydroxyl groups is 1.